The zero-order valence-electron chi connectivity index (χ0n) is 11.0. The maximum atomic E-state index is 11.9. The van der Waals surface area contributed by atoms with Crippen LogP contribution in [0.1, 0.15) is 16.9 Å². The average Bonchev–Trinajstić information content (AvgIpc) is 2.89. The van der Waals surface area contributed by atoms with Crippen LogP contribution in [0.2, 0.25) is 0 Å². The van der Waals surface area contributed by atoms with Gasteiger partial charge < -0.3 is 11.1 Å². The third-order valence-electron chi connectivity index (χ3n) is 2.98. The van der Waals surface area contributed by atoms with Gasteiger partial charge in [-0.15, -0.1) is 11.3 Å². The minimum Gasteiger partial charge on any atom is -0.350 e. The lowest BCUT2D eigenvalue weighted by molar-refractivity contribution is -0.122. The second kappa shape index (κ2) is 7.57. The van der Waals surface area contributed by atoms with Gasteiger partial charge in [-0.25, -0.2) is 0 Å². The van der Waals surface area contributed by atoms with Gasteiger partial charge in [0.2, 0.25) is 5.91 Å². The molecule has 0 fully saturated rings. The molecule has 1 heterocycles. The molecule has 3 N–H and O–H groups in total. The third-order valence-corrected chi connectivity index (χ3v) is 4.68. The highest BCUT2D eigenvalue weighted by molar-refractivity contribution is 9.10. The Labute approximate surface area is 131 Å². The van der Waals surface area contributed by atoms with Crippen LogP contribution in [0.15, 0.2) is 46.3 Å². The zero-order chi connectivity index (χ0) is 14.4. The molecule has 1 amide bonds. The molecular weight excluding hydrogens is 336 g/mol. The number of nitrogens with one attached hydrogen (secondary N) is 1. The van der Waals surface area contributed by atoms with Crippen LogP contribution in [0.5, 0.6) is 0 Å². The molecule has 0 spiro atoms. The Kier molecular flexibility index (Phi) is 5.76. The topological polar surface area (TPSA) is 55.1 Å². The third kappa shape index (κ3) is 4.74. The monoisotopic (exact) mass is 352 g/mol. The maximum Gasteiger partial charge on any atom is 0.237 e. The smallest absolute Gasteiger partial charge is 0.237 e. The molecule has 0 saturated carbocycles. The number of carbonyl (C=O) groups is 1. The largest absolute Gasteiger partial charge is 0.350 e. The van der Waals surface area contributed by atoms with Crippen LogP contribution < -0.4 is 11.1 Å². The summed E-state index contributed by atoms with van der Waals surface area (Å²) in [7, 11) is 0. The molecule has 2 rings (SSSR count). The molecule has 20 heavy (non-hydrogen) atoms. The fourth-order valence-corrected chi connectivity index (χ4v) is 3.24. The van der Waals surface area contributed by atoms with Gasteiger partial charge in [-0.05, 0) is 40.4 Å². The molecule has 0 saturated heterocycles. The average molecular weight is 353 g/mol. The first-order valence-electron chi connectivity index (χ1n) is 6.45. The Bertz CT molecular complexity index is 556. The summed E-state index contributed by atoms with van der Waals surface area (Å²) in [4.78, 5) is 13.0. The van der Waals surface area contributed by atoms with Crippen LogP contribution in [0.25, 0.3) is 0 Å². The van der Waals surface area contributed by atoms with Crippen molar-refractivity contribution in [3.8, 4) is 0 Å². The highest BCUT2D eigenvalue weighted by atomic mass is 79.9. The van der Waals surface area contributed by atoms with Gasteiger partial charge in [-0.3, -0.25) is 4.79 Å². The highest BCUT2D eigenvalue weighted by Crippen LogP contribution is 2.19. The van der Waals surface area contributed by atoms with E-state index in [2.05, 4.69) is 21.2 Å². The van der Waals surface area contributed by atoms with E-state index >= 15 is 0 Å². The van der Waals surface area contributed by atoms with Crippen LogP contribution in [0.3, 0.4) is 0 Å². The van der Waals surface area contributed by atoms with Gasteiger partial charge in [0, 0.05) is 14.7 Å². The van der Waals surface area contributed by atoms with Gasteiger partial charge in [0.25, 0.3) is 0 Å². The Balaban J connectivity index is 1.74. The molecule has 0 bridgehead atoms. The molecule has 0 aliphatic carbocycles. The van der Waals surface area contributed by atoms with Crippen molar-refractivity contribution < 1.29 is 4.79 Å². The van der Waals surface area contributed by atoms with Crippen LogP contribution in [0, 0.1) is 0 Å². The first-order valence-corrected chi connectivity index (χ1v) is 8.12. The molecule has 106 valence electrons. The Morgan fingerprint density at radius 3 is 2.75 bits per heavy atom. The molecule has 2 aromatic rings. The van der Waals surface area contributed by atoms with E-state index in [9.17, 15) is 4.79 Å². The summed E-state index contributed by atoms with van der Waals surface area (Å²) >= 11 is 5.00. The maximum absolute atomic E-state index is 11.9. The predicted molar refractivity (Wildman–Crippen MR) is 86.6 cm³/mol. The van der Waals surface area contributed by atoms with Crippen molar-refractivity contribution in [2.45, 2.75) is 25.4 Å². The Morgan fingerprint density at radius 1 is 1.35 bits per heavy atom. The van der Waals surface area contributed by atoms with Crippen LogP contribution >= 0.6 is 27.3 Å². The van der Waals surface area contributed by atoms with Crippen molar-refractivity contribution in [2.24, 2.45) is 5.73 Å². The number of amides is 1. The SMILES string of the molecule is NC(CCc1ccccc1)C(=O)NCc1cc(Br)cs1. The number of aryl methyl sites for hydroxylation is 1. The minimum atomic E-state index is -0.460. The molecule has 1 aromatic heterocycles. The van der Waals surface area contributed by atoms with Crippen molar-refractivity contribution in [1.82, 2.24) is 5.32 Å². The molecule has 0 aliphatic heterocycles. The molecule has 5 heteroatoms. The molecule has 1 unspecified atom stereocenters. The normalized spacial score (nSPS) is 12.1. The lowest BCUT2D eigenvalue weighted by Gasteiger charge is -2.11. The van der Waals surface area contributed by atoms with Gasteiger partial charge >= 0.3 is 0 Å². The van der Waals surface area contributed by atoms with E-state index in [1.54, 1.807) is 11.3 Å². The number of carbonyl (C=O) groups excluding carboxylic acids is 1. The Hall–Kier alpha value is -1.17. The van der Waals surface area contributed by atoms with Gasteiger partial charge in [-0.1, -0.05) is 30.3 Å². The number of nitrogens with two attached hydrogens (primary N) is 1. The van der Waals surface area contributed by atoms with E-state index < -0.39 is 6.04 Å². The number of halogens is 1. The summed E-state index contributed by atoms with van der Waals surface area (Å²) in [6, 6.07) is 11.6. The lowest BCUT2D eigenvalue weighted by Crippen LogP contribution is -2.40. The van der Waals surface area contributed by atoms with Crippen molar-refractivity contribution in [3.63, 3.8) is 0 Å². The highest BCUT2D eigenvalue weighted by Gasteiger charge is 2.13. The predicted octanol–water partition coefficient (Wildman–Crippen LogP) is 3.09. The van der Waals surface area contributed by atoms with E-state index in [4.69, 9.17) is 5.73 Å². The van der Waals surface area contributed by atoms with Crippen LogP contribution in [0.4, 0.5) is 0 Å². The van der Waals surface area contributed by atoms with E-state index in [0.717, 1.165) is 15.8 Å². The number of hydrogen-bond donors (Lipinski definition) is 2. The quantitative estimate of drug-likeness (QED) is 0.839. The van der Waals surface area contributed by atoms with Gasteiger partial charge in [0.1, 0.15) is 0 Å². The standard InChI is InChI=1S/C15H17BrN2OS/c16-12-8-13(20-10-12)9-18-15(19)14(17)7-6-11-4-2-1-3-5-11/h1-5,8,10,14H,6-7,9,17H2,(H,18,19). The molecular formula is C15H17BrN2OS. The van der Waals surface area contributed by atoms with Gasteiger partial charge in [0.15, 0.2) is 0 Å². The van der Waals surface area contributed by atoms with Crippen molar-refractivity contribution in [2.75, 3.05) is 0 Å². The summed E-state index contributed by atoms with van der Waals surface area (Å²) in [5.41, 5.74) is 7.12. The van der Waals surface area contributed by atoms with E-state index in [1.165, 1.54) is 5.56 Å². The van der Waals surface area contributed by atoms with Gasteiger partial charge in [-0.2, -0.15) is 0 Å². The fraction of sp³-hybridized carbons (Fsp3) is 0.267. The number of benzene rings is 1. The van der Waals surface area contributed by atoms with Crippen molar-refractivity contribution >= 4 is 33.2 Å². The van der Waals surface area contributed by atoms with E-state index in [-0.39, 0.29) is 5.91 Å². The number of thiophene rings is 1. The summed E-state index contributed by atoms with van der Waals surface area (Å²) in [6.45, 7) is 0.536. The number of hydrogen-bond acceptors (Lipinski definition) is 3. The van der Waals surface area contributed by atoms with Crippen molar-refractivity contribution in [1.29, 1.82) is 0 Å². The first kappa shape index (κ1) is 15.2. The second-order valence-electron chi connectivity index (χ2n) is 4.58. The summed E-state index contributed by atoms with van der Waals surface area (Å²) in [5, 5.41) is 4.87. The molecule has 1 atom stereocenters. The molecule has 0 aliphatic rings. The summed E-state index contributed by atoms with van der Waals surface area (Å²) < 4.78 is 1.04. The van der Waals surface area contributed by atoms with Crippen LogP contribution in [-0.2, 0) is 17.8 Å². The second-order valence-corrected chi connectivity index (χ2v) is 6.49. The summed E-state index contributed by atoms with van der Waals surface area (Å²) in [5.74, 6) is -0.0922. The van der Waals surface area contributed by atoms with E-state index in [0.29, 0.717) is 13.0 Å². The van der Waals surface area contributed by atoms with Crippen LogP contribution in [-0.4, -0.2) is 11.9 Å². The molecule has 3 nitrogen and oxygen atoms in total. The number of rotatable bonds is 6. The van der Waals surface area contributed by atoms with Gasteiger partial charge in [0.05, 0.1) is 12.6 Å². The minimum absolute atomic E-state index is 0.0922. The molecule has 0 radical (unpaired) electrons. The first-order chi connectivity index (χ1) is 9.65. The Morgan fingerprint density at radius 2 is 2.10 bits per heavy atom. The van der Waals surface area contributed by atoms with Crippen molar-refractivity contribution in [3.05, 3.63) is 56.7 Å². The zero-order valence-corrected chi connectivity index (χ0v) is 13.4. The summed E-state index contributed by atoms with van der Waals surface area (Å²) in [6.07, 6.45) is 1.48. The lowest BCUT2D eigenvalue weighted by atomic mass is 10.1. The fourth-order valence-electron chi connectivity index (χ4n) is 1.85. The molecule has 1 aromatic carbocycles. The van der Waals surface area contributed by atoms with E-state index in [1.807, 2.05) is 41.8 Å².